The fraction of sp³-hybridized carbons (Fsp3) is 0.263. The molecule has 0 bridgehead atoms. The summed E-state index contributed by atoms with van der Waals surface area (Å²) in [6.45, 7) is 0.944. The van der Waals surface area contributed by atoms with Crippen molar-refractivity contribution in [2.45, 2.75) is 18.9 Å². The molecule has 1 saturated heterocycles. The normalized spacial score (nSPS) is 17.1. The number of halogens is 1. The molecule has 0 aromatic heterocycles. The van der Waals surface area contributed by atoms with Crippen molar-refractivity contribution in [3.63, 3.8) is 0 Å². The fourth-order valence-electron chi connectivity index (χ4n) is 2.91. The smallest absolute Gasteiger partial charge is 0.239 e. The van der Waals surface area contributed by atoms with E-state index in [1.807, 2.05) is 30.3 Å². The van der Waals surface area contributed by atoms with Crippen LogP contribution in [0.1, 0.15) is 23.5 Å². The summed E-state index contributed by atoms with van der Waals surface area (Å²) in [5.41, 5.74) is 1.94. The van der Waals surface area contributed by atoms with Gasteiger partial charge >= 0.3 is 0 Å². The number of nitrogens with zero attached hydrogens (tertiary/aromatic N) is 1. The van der Waals surface area contributed by atoms with Gasteiger partial charge in [-0.05, 0) is 23.3 Å². The van der Waals surface area contributed by atoms with Gasteiger partial charge in [-0.3, -0.25) is 9.59 Å². The van der Waals surface area contributed by atoms with Gasteiger partial charge in [-0.15, -0.1) is 0 Å². The molecule has 1 aliphatic rings. The Morgan fingerprint density at radius 3 is 2.54 bits per heavy atom. The zero-order valence-electron chi connectivity index (χ0n) is 13.2. The first-order valence-corrected chi connectivity index (χ1v) is 7.95. The Morgan fingerprint density at radius 2 is 1.83 bits per heavy atom. The zero-order valence-corrected chi connectivity index (χ0v) is 13.2. The quantitative estimate of drug-likeness (QED) is 0.917. The maximum absolute atomic E-state index is 12.8. The van der Waals surface area contributed by atoms with E-state index in [2.05, 4.69) is 5.32 Å². The van der Waals surface area contributed by atoms with Gasteiger partial charge in [0.1, 0.15) is 5.82 Å². The van der Waals surface area contributed by atoms with Crippen LogP contribution < -0.4 is 5.32 Å². The van der Waals surface area contributed by atoms with Gasteiger partial charge in [0.05, 0.1) is 6.54 Å². The topological polar surface area (TPSA) is 49.4 Å². The minimum absolute atomic E-state index is 0.000727. The van der Waals surface area contributed by atoms with E-state index in [4.69, 9.17) is 0 Å². The average molecular weight is 326 g/mol. The van der Waals surface area contributed by atoms with Crippen LogP contribution in [-0.2, 0) is 16.1 Å². The maximum Gasteiger partial charge on any atom is 0.239 e. The lowest BCUT2D eigenvalue weighted by atomic mass is 9.99. The predicted octanol–water partition coefficient (Wildman–Crippen LogP) is 2.46. The number of amides is 2. The monoisotopic (exact) mass is 326 g/mol. The minimum Gasteiger partial charge on any atom is -0.350 e. The molecule has 1 atom stereocenters. The highest BCUT2D eigenvalue weighted by Crippen LogP contribution is 2.27. The van der Waals surface area contributed by atoms with Crippen molar-refractivity contribution in [3.8, 4) is 0 Å². The highest BCUT2D eigenvalue weighted by atomic mass is 19.1. The molecule has 2 amide bonds. The van der Waals surface area contributed by atoms with Crippen molar-refractivity contribution >= 4 is 11.8 Å². The van der Waals surface area contributed by atoms with E-state index >= 15 is 0 Å². The molecule has 0 saturated carbocycles. The van der Waals surface area contributed by atoms with Crippen molar-refractivity contribution < 1.29 is 14.0 Å². The average Bonchev–Trinajstić information content (AvgIpc) is 2.96. The molecule has 1 unspecified atom stereocenters. The number of hydrogen-bond donors (Lipinski definition) is 1. The van der Waals surface area contributed by atoms with Gasteiger partial charge in [0.25, 0.3) is 0 Å². The summed E-state index contributed by atoms with van der Waals surface area (Å²) in [5, 5.41) is 2.77. The summed E-state index contributed by atoms with van der Waals surface area (Å²) in [5.74, 6) is -0.370. The van der Waals surface area contributed by atoms with Crippen molar-refractivity contribution in [1.29, 1.82) is 0 Å². The van der Waals surface area contributed by atoms with Gasteiger partial charge in [-0.25, -0.2) is 4.39 Å². The van der Waals surface area contributed by atoms with Crippen LogP contribution in [0.15, 0.2) is 54.6 Å². The van der Waals surface area contributed by atoms with Crippen LogP contribution in [-0.4, -0.2) is 29.8 Å². The molecule has 24 heavy (non-hydrogen) atoms. The molecular formula is C19H19FN2O2. The van der Waals surface area contributed by atoms with Gasteiger partial charge in [-0.1, -0.05) is 42.5 Å². The molecule has 0 aliphatic carbocycles. The molecule has 5 heteroatoms. The van der Waals surface area contributed by atoms with Crippen molar-refractivity contribution in [2.24, 2.45) is 0 Å². The molecule has 0 spiro atoms. The highest BCUT2D eigenvalue weighted by molar-refractivity contribution is 5.86. The van der Waals surface area contributed by atoms with E-state index in [9.17, 15) is 14.0 Å². The number of benzene rings is 2. The standard InChI is InChI=1S/C19H19FN2O2/c20-17-8-6-14(7-9-17)11-21-18(23)13-22-12-16(10-19(22)24)15-4-2-1-3-5-15/h1-9,16H,10-13H2,(H,21,23). The fourth-order valence-corrected chi connectivity index (χ4v) is 2.91. The molecule has 2 aromatic rings. The SMILES string of the molecule is O=C(CN1CC(c2ccccc2)CC1=O)NCc1ccc(F)cc1. The van der Waals surface area contributed by atoms with Crippen LogP contribution in [0.4, 0.5) is 4.39 Å². The Labute approximate surface area is 140 Å². The molecule has 1 aliphatic heterocycles. The van der Waals surface area contributed by atoms with Gasteiger partial charge in [-0.2, -0.15) is 0 Å². The third kappa shape index (κ3) is 3.98. The minimum atomic E-state index is -0.306. The number of likely N-dealkylation sites (tertiary alicyclic amines) is 1. The van der Waals surface area contributed by atoms with Crippen molar-refractivity contribution in [3.05, 3.63) is 71.5 Å². The van der Waals surface area contributed by atoms with Gasteiger partial charge < -0.3 is 10.2 Å². The number of carbonyl (C=O) groups is 2. The van der Waals surface area contributed by atoms with E-state index < -0.39 is 0 Å². The maximum atomic E-state index is 12.8. The number of hydrogen-bond acceptors (Lipinski definition) is 2. The second-order valence-electron chi connectivity index (χ2n) is 5.99. The summed E-state index contributed by atoms with van der Waals surface area (Å²) < 4.78 is 12.8. The summed E-state index contributed by atoms with van der Waals surface area (Å²) >= 11 is 0. The Balaban J connectivity index is 1.51. The molecule has 2 aromatic carbocycles. The Morgan fingerprint density at radius 1 is 1.12 bits per heavy atom. The lowest BCUT2D eigenvalue weighted by molar-refractivity contribution is -0.133. The molecule has 4 nitrogen and oxygen atoms in total. The van der Waals surface area contributed by atoms with E-state index in [-0.39, 0.29) is 30.1 Å². The Hall–Kier alpha value is -2.69. The van der Waals surface area contributed by atoms with Crippen molar-refractivity contribution in [2.75, 3.05) is 13.1 Å². The second-order valence-corrected chi connectivity index (χ2v) is 5.99. The number of carbonyl (C=O) groups excluding carboxylic acids is 2. The molecular weight excluding hydrogens is 307 g/mol. The molecule has 1 heterocycles. The molecule has 0 radical (unpaired) electrons. The summed E-state index contributed by atoms with van der Waals surface area (Å²) in [6, 6.07) is 15.8. The van der Waals surface area contributed by atoms with Crippen LogP contribution in [0.25, 0.3) is 0 Å². The summed E-state index contributed by atoms with van der Waals surface area (Å²) in [7, 11) is 0. The van der Waals surface area contributed by atoms with Crippen LogP contribution in [0.2, 0.25) is 0 Å². The molecule has 1 N–H and O–H groups in total. The number of nitrogens with one attached hydrogen (secondary N) is 1. The second kappa shape index (κ2) is 7.25. The molecule has 3 rings (SSSR count). The third-order valence-electron chi connectivity index (χ3n) is 4.22. The lowest BCUT2D eigenvalue weighted by Gasteiger charge is -2.16. The Bertz CT molecular complexity index is 716. The zero-order chi connectivity index (χ0) is 16.9. The summed E-state index contributed by atoms with van der Waals surface area (Å²) in [4.78, 5) is 25.8. The predicted molar refractivity (Wildman–Crippen MR) is 88.6 cm³/mol. The summed E-state index contributed by atoms with van der Waals surface area (Å²) in [6.07, 6.45) is 0.440. The number of rotatable bonds is 5. The van der Waals surface area contributed by atoms with Crippen LogP contribution in [0.5, 0.6) is 0 Å². The van der Waals surface area contributed by atoms with Crippen LogP contribution in [0.3, 0.4) is 0 Å². The van der Waals surface area contributed by atoms with E-state index in [1.165, 1.54) is 12.1 Å². The largest absolute Gasteiger partial charge is 0.350 e. The van der Waals surface area contributed by atoms with Crippen molar-refractivity contribution in [1.82, 2.24) is 10.2 Å². The van der Waals surface area contributed by atoms with Crippen LogP contribution in [0, 0.1) is 5.82 Å². The molecule has 1 fully saturated rings. The first kappa shape index (κ1) is 16.2. The highest BCUT2D eigenvalue weighted by Gasteiger charge is 2.31. The van der Waals surface area contributed by atoms with E-state index in [1.54, 1.807) is 17.0 Å². The van der Waals surface area contributed by atoms with E-state index in [0.717, 1.165) is 11.1 Å². The van der Waals surface area contributed by atoms with Gasteiger partial charge in [0, 0.05) is 25.4 Å². The van der Waals surface area contributed by atoms with Crippen LogP contribution >= 0.6 is 0 Å². The van der Waals surface area contributed by atoms with Gasteiger partial charge in [0.2, 0.25) is 11.8 Å². The first-order chi connectivity index (χ1) is 11.6. The van der Waals surface area contributed by atoms with Gasteiger partial charge in [0.15, 0.2) is 0 Å². The molecule has 124 valence electrons. The lowest BCUT2D eigenvalue weighted by Crippen LogP contribution is -2.37. The first-order valence-electron chi connectivity index (χ1n) is 7.95. The third-order valence-corrected chi connectivity index (χ3v) is 4.22. The van der Waals surface area contributed by atoms with E-state index in [0.29, 0.717) is 19.5 Å². The Kier molecular flexibility index (Phi) is 4.89.